The maximum Gasteiger partial charge on any atom is 0.462 e. The minimum Gasteiger partial charge on any atom is -0.369 e. The summed E-state index contributed by atoms with van der Waals surface area (Å²) >= 11 is -0.828. The first-order chi connectivity index (χ1) is 11.1. The van der Waals surface area contributed by atoms with Gasteiger partial charge in [-0.2, -0.15) is 44.8 Å². The standard InChI is InChI=1S/C9H8F10O5S/c10-5(23-9(18,19)7(13,14)8(15,16)17)6(11,12)25-2-1-22-3-4(20)24-21/h5,21H,1-3H2. The molecule has 5 nitrogen and oxygen atoms in total. The number of ether oxygens (including phenoxy) is 2. The first-order valence-corrected chi connectivity index (χ1v) is 6.65. The number of carbonyl (C=O) groups is 1. The van der Waals surface area contributed by atoms with Gasteiger partial charge in [-0.3, -0.25) is 9.62 Å². The predicted octanol–water partition coefficient (Wildman–Crippen LogP) is 3.45. The molecule has 0 aromatic heterocycles. The van der Waals surface area contributed by atoms with E-state index >= 15 is 0 Å². The number of alkyl halides is 10. The van der Waals surface area contributed by atoms with E-state index in [0.717, 1.165) is 0 Å². The van der Waals surface area contributed by atoms with Gasteiger partial charge in [-0.1, -0.05) is 11.8 Å². The van der Waals surface area contributed by atoms with E-state index in [4.69, 9.17) is 5.26 Å². The highest BCUT2D eigenvalue weighted by atomic mass is 32.2. The average molecular weight is 418 g/mol. The molecular formula is C9H8F10O5S. The zero-order valence-corrected chi connectivity index (χ0v) is 12.3. The lowest BCUT2D eigenvalue weighted by atomic mass is 10.3. The molecule has 0 aliphatic heterocycles. The van der Waals surface area contributed by atoms with Crippen LogP contribution >= 0.6 is 11.8 Å². The van der Waals surface area contributed by atoms with E-state index in [1.54, 1.807) is 0 Å². The van der Waals surface area contributed by atoms with Crippen LogP contribution in [-0.4, -0.2) is 60.0 Å². The van der Waals surface area contributed by atoms with Gasteiger partial charge in [0.2, 0.25) is 0 Å². The Labute approximate surface area is 136 Å². The second-order valence-corrected chi connectivity index (χ2v) is 5.19. The number of thioether (sulfide) groups is 1. The van der Waals surface area contributed by atoms with Crippen molar-refractivity contribution in [3.8, 4) is 0 Å². The molecule has 0 saturated heterocycles. The summed E-state index contributed by atoms with van der Waals surface area (Å²) in [4.78, 5) is 13.4. The Bertz CT molecular complexity index is 443. The van der Waals surface area contributed by atoms with Crippen LogP contribution in [0.25, 0.3) is 0 Å². The maximum absolute atomic E-state index is 13.1. The maximum atomic E-state index is 13.1. The summed E-state index contributed by atoms with van der Waals surface area (Å²) in [7, 11) is 0. The highest BCUT2D eigenvalue weighted by molar-refractivity contribution is 8.00. The van der Waals surface area contributed by atoms with Crippen molar-refractivity contribution in [2.24, 2.45) is 0 Å². The Balaban J connectivity index is 4.65. The zero-order chi connectivity index (χ0) is 20.1. The van der Waals surface area contributed by atoms with Crippen molar-refractivity contribution in [2.45, 2.75) is 29.8 Å². The largest absolute Gasteiger partial charge is 0.462 e. The third-order valence-electron chi connectivity index (χ3n) is 2.08. The van der Waals surface area contributed by atoms with Gasteiger partial charge < -0.3 is 4.74 Å². The summed E-state index contributed by atoms with van der Waals surface area (Å²) < 4.78 is 131. The minimum absolute atomic E-state index is 0.753. The molecule has 16 heteroatoms. The van der Waals surface area contributed by atoms with Gasteiger partial charge in [0.25, 0.3) is 6.36 Å². The van der Waals surface area contributed by atoms with Crippen molar-refractivity contribution in [3.05, 3.63) is 0 Å². The molecule has 1 unspecified atom stereocenters. The molecular weight excluding hydrogens is 410 g/mol. The molecule has 0 spiro atoms. The molecule has 25 heavy (non-hydrogen) atoms. The molecule has 0 saturated carbocycles. The quantitative estimate of drug-likeness (QED) is 0.254. The fraction of sp³-hybridized carbons (Fsp3) is 0.889. The second kappa shape index (κ2) is 8.59. The molecule has 0 radical (unpaired) electrons. The summed E-state index contributed by atoms with van der Waals surface area (Å²) in [5, 5.41) is 2.84. The Morgan fingerprint density at radius 3 is 2.00 bits per heavy atom. The van der Waals surface area contributed by atoms with Gasteiger partial charge in [0, 0.05) is 5.75 Å². The van der Waals surface area contributed by atoms with E-state index in [1.807, 2.05) is 0 Å². The van der Waals surface area contributed by atoms with Gasteiger partial charge in [-0.05, 0) is 0 Å². The lowest BCUT2D eigenvalue weighted by Crippen LogP contribution is -2.55. The highest BCUT2D eigenvalue weighted by Crippen LogP contribution is 2.49. The Kier molecular flexibility index (Phi) is 8.25. The average Bonchev–Trinajstić information content (AvgIpc) is 2.44. The van der Waals surface area contributed by atoms with Crippen LogP contribution < -0.4 is 0 Å². The summed E-state index contributed by atoms with van der Waals surface area (Å²) in [6, 6.07) is 0. The number of hydrogen-bond donors (Lipinski definition) is 1. The van der Waals surface area contributed by atoms with E-state index in [9.17, 15) is 48.7 Å². The fourth-order valence-electron chi connectivity index (χ4n) is 0.922. The van der Waals surface area contributed by atoms with E-state index in [2.05, 4.69) is 14.4 Å². The molecule has 0 rings (SSSR count). The van der Waals surface area contributed by atoms with Gasteiger partial charge >= 0.3 is 29.4 Å². The van der Waals surface area contributed by atoms with Crippen LogP contribution in [0.4, 0.5) is 43.9 Å². The molecule has 150 valence electrons. The van der Waals surface area contributed by atoms with Crippen LogP contribution in [0.5, 0.6) is 0 Å². The van der Waals surface area contributed by atoms with Crippen molar-refractivity contribution in [1.29, 1.82) is 0 Å². The molecule has 0 amide bonds. The van der Waals surface area contributed by atoms with Gasteiger partial charge in [-0.25, -0.2) is 9.18 Å². The molecule has 1 atom stereocenters. The molecule has 0 heterocycles. The third kappa shape index (κ3) is 6.67. The predicted molar refractivity (Wildman–Crippen MR) is 58.9 cm³/mol. The SMILES string of the molecule is O=C(COCCSC(F)(F)C(F)OC(F)(F)C(F)(F)C(F)(F)F)OO. The van der Waals surface area contributed by atoms with Gasteiger partial charge in [0.15, 0.2) is 0 Å². The highest BCUT2D eigenvalue weighted by Gasteiger charge is 2.75. The van der Waals surface area contributed by atoms with Crippen LogP contribution in [0.2, 0.25) is 0 Å². The van der Waals surface area contributed by atoms with E-state index < -0.39 is 66.5 Å². The normalized spacial score (nSPS) is 15.2. The van der Waals surface area contributed by atoms with Crippen LogP contribution in [-0.2, 0) is 19.2 Å². The molecule has 0 aromatic carbocycles. The molecule has 1 N–H and O–H groups in total. The van der Waals surface area contributed by atoms with Crippen molar-refractivity contribution in [3.63, 3.8) is 0 Å². The van der Waals surface area contributed by atoms with Crippen molar-refractivity contribution in [1.82, 2.24) is 0 Å². The first kappa shape index (κ1) is 24.0. The zero-order valence-electron chi connectivity index (χ0n) is 11.5. The smallest absolute Gasteiger partial charge is 0.369 e. The van der Waals surface area contributed by atoms with Crippen LogP contribution in [0.3, 0.4) is 0 Å². The lowest BCUT2D eigenvalue weighted by Gasteiger charge is -2.30. The van der Waals surface area contributed by atoms with Crippen LogP contribution in [0.1, 0.15) is 0 Å². The summed E-state index contributed by atoms with van der Waals surface area (Å²) in [6.45, 7) is -1.68. The van der Waals surface area contributed by atoms with Crippen molar-refractivity contribution < 1.29 is 68.3 Å². The molecule has 0 aliphatic carbocycles. The Hall–Kier alpha value is -1.00. The van der Waals surface area contributed by atoms with Crippen LogP contribution in [0.15, 0.2) is 0 Å². The molecule has 0 bridgehead atoms. The lowest BCUT2D eigenvalue weighted by molar-refractivity contribution is -0.446. The summed E-state index contributed by atoms with van der Waals surface area (Å²) in [5.41, 5.74) is 0. The second-order valence-electron chi connectivity index (χ2n) is 3.95. The third-order valence-corrected chi connectivity index (χ3v) is 3.02. The first-order valence-electron chi connectivity index (χ1n) is 5.66. The van der Waals surface area contributed by atoms with Gasteiger partial charge in [0.05, 0.1) is 6.61 Å². The number of rotatable bonds is 10. The monoisotopic (exact) mass is 418 g/mol. The number of hydrogen-bond acceptors (Lipinski definition) is 6. The van der Waals surface area contributed by atoms with E-state index in [-0.39, 0.29) is 0 Å². The van der Waals surface area contributed by atoms with Gasteiger partial charge in [0.1, 0.15) is 6.61 Å². The summed E-state index contributed by atoms with van der Waals surface area (Å²) in [5.74, 6) is -9.17. The van der Waals surface area contributed by atoms with E-state index in [1.165, 1.54) is 0 Å². The molecule has 0 aliphatic rings. The van der Waals surface area contributed by atoms with Crippen molar-refractivity contribution in [2.75, 3.05) is 19.0 Å². The molecule has 0 fully saturated rings. The van der Waals surface area contributed by atoms with Crippen molar-refractivity contribution >= 4 is 17.7 Å². The Morgan fingerprint density at radius 1 is 1.04 bits per heavy atom. The molecule has 0 aromatic rings. The number of halogens is 10. The Morgan fingerprint density at radius 2 is 1.56 bits per heavy atom. The summed E-state index contributed by atoms with van der Waals surface area (Å²) in [6.07, 6.45) is -18.0. The topological polar surface area (TPSA) is 65.0 Å². The van der Waals surface area contributed by atoms with Gasteiger partial charge in [-0.15, -0.1) is 0 Å². The van der Waals surface area contributed by atoms with E-state index in [0.29, 0.717) is 0 Å². The fourth-order valence-corrected chi connectivity index (χ4v) is 1.57. The number of carbonyl (C=O) groups excluding carboxylic acids is 1. The minimum atomic E-state index is -6.92. The van der Waals surface area contributed by atoms with Crippen LogP contribution in [0, 0.1) is 0 Å².